The van der Waals surface area contributed by atoms with E-state index in [0.717, 1.165) is 11.1 Å². The fourth-order valence-corrected chi connectivity index (χ4v) is 4.41. The maximum Gasteiger partial charge on any atom is 0.341 e. The number of hydrogen-bond acceptors (Lipinski definition) is 8. The molecular formula is C29H25N4O5+. The second-order valence-electron chi connectivity index (χ2n) is 8.77. The molecule has 0 bridgehead atoms. The smallest absolute Gasteiger partial charge is 0.341 e. The monoisotopic (exact) mass is 509 g/mol. The van der Waals surface area contributed by atoms with E-state index >= 15 is 0 Å². The molecule has 2 aliphatic rings. The van der Waals surface area contributed by atoms with E-state index in [1.54, 1.807) is 24.3 Å². The van der Waals surface area contributed by atoms with Crippen molar-refractivity contribution in [2.75, 3.05) is 22.9 Å². The molecule has 0 unspecified atom stereocenters. The zero-order valence-corrected chi connectivity index (χ0v) is 20.2. The van der Waals surface area contributed by atoms with Crippen LogP contribution >= 0.6 is 0 Å². The van der Waals surface area contributed by atoms with Crippen LogP contribution in [0.2, 0.25) is 0 Å². The molecule has 0 aromatic heterocycles. The van der Waals surface area contributed by atoms with Crippen molar-refractivity contribution in [3.8, 4) is 28.2 Å². The van der Waals surface area contributed by atoms with Crippen molar-refractivity contribution in [3.05, 3.63) is 94.2 Å². The van der Waals surface area contributed by atoms with Crippen LogP contribution in [0.25, 0.3) is 39.5 Å². The zero-order valence-electron chi connectivity index (χ0n) is 20.2. The lowest BCUT2D eigenvalue weighted by Crippen LogP contribution is -2.16. The van der Waals surface area contributed by atoms with Crippen molar-refractivity contribution in [1.29, 1.82) is 0 Å². The van der Waals surface area contributed by atoms with E-state index in [9.17, 15) is 9.59 Å². The van der Waals surface area contributed by atoms with E-state index in [4.69, 9.17) is 37.2 Å². The van der Waals surface area contributed by atoms with Crippen LogP contribution < -0.4 is 28.4 Å². The van der Waals surface area contributed by atoms with E-state index in [0.29, 0.717) is 22.1 Å². The first-order valence-electron chi connectivity index (χ1n) is 11.6. The van der Waals surface area contributed by atoms with Gasteiger partial charge >= 0.3 is 5.97 Å². The number of carbonyl (C=O) groups excluding carboxylic acids is 1. The summed E-state index contributed by atoms with van der Waals surface area (Å²) >= 11 is 0. The van der Waals surface area contributed by atoms with Crippen molar-refractivity contribution in [1.82, 2.24) is 0 Å². The summed E-state index contributed by atoms with van der Waals surface area (Å²) in [6.45, 7) is 3.70. The average molecular weight is 510 g/mol. The third kappa shape index (κ3) is 4.01. The van der Waals surface area contributed by atoms with Gasteiger partial charge in [0, 0.05) is 34.2 Å². The zero-order chi connectivity index (χ0) is 27.1. The number of carbonyl (C=O) groups is 1. The van der Waals surface area contributed by atoms with Crippen LogP contribution in [0, 0.1) is 0 Å². The second kappa shape index (κ2) is 9.21. The fraction of sp³-hybridized carbons (Fsp3) is 0.0345. The molecule has 0 saturated carbocycles. The van der Waals surface area contributed by atoms with Gasteiger partial charge < -0.3 is 37.2 Å². The molecule has 1 aliphatic carbocycles. The van der Waals surface area contributed by atoms with Crippen LogP contribution in [0.15, 0.2) is 76.5 Å². The van der Waals surface area contributed by atoms with Crippen molar-refractivity contribution in [3.63, 3.8) is 0 Å². The predicted octanol–water partition coefficient (Wildman–Crippen LogP) is 4.33. The minimum absolute atomic E-state index is 0.00807. The van der Waals surface area contributed by atoms with Gasteiger partial charge in [-0.05, 0) is 29.3 Å². The molecule has 3 aromatic rings. The number of rotatable bonds is 5. The molecule has 0 atom stereocenters. The maximum absolute atomic E-state index is 13.6. The number of anilines is 4. The summed E-state index contributed by atoms with van der Waals surface area (Å²) in [4.78, 5) is 25.7. The summed E-state index contributed by atoms with van der Waals surface area (Å²) in [5.41, 5.74) is 27.9. The molecule has 1 aliphatic heterocycles. The highest BCUT2D eigenvalue weighted by atomic mass is 16.5. The van der Waals surface area contributed by atoms with Crippen LogP contribution in [0.3, 0.4) is 0 Å². The Bertz CT molecular complexity index is 1770. The SMILES string of the molecule is C=Cc1ccc(COC(=O)c2c(N)c(N)c(N)c(N)c2-c2c3ccc(=O)cc-3oc3cc([OH2+])ccc23)cc1. The standard InChI is InChI=1S/C29H24N4O5/c1-2-14-3-5-15(6-4-14)13-37-29(36)24-23(25(30)27(32)28(33)26(24)31)22-18-9-7-16(34)11-20(18)38-21-12-17(35)8-10-19(21)22/h2-12,34H,1,13,30-33H2/p+1. The van der Waals surface area contributed by atoms with Crippen molar-refractivity contribution in [2.24, 2.45) is 0 Å². The molecule has 190 valence electrons. The molecule has 0 saturated heterocycles. The van der Waals surface area contributed by atoms with Gasteiger partial charge in [-0.15, -0.1) is 0 Å². The molecule has 0 amide bonds. The Kier molecular flexibility index (Phi) is 5.88. The Morgan fingerprint density at radius 2 is 1.61 bits per heavy atom. The van der Waals surface area contributed by atoms with Crippen LogP contribution in [0.4, 0.5) is 22.7 Å². The van der Waals surface area contributed by atoms with Gasteiger partial charge in [-0.25, -0.2) is 4.79 Å². The Morgan fingerprint density at radius 1 is 0.895 bits per heavy atom. The maximum atomic E-state index is 13.6. The first-order chi connectivity index (χ1) is 18.2. The topological polar surface area (TPSA) is 183 Å². The van der Waals surface area contributed by atoms with Gasteiger partial charge in [-0.2, -0.15) is 0 Å². The van der Waals surface area contributed by atoms with Crippen molar-refractivity contribution in [2.45, 2.75) is 6.61 Å². The van der Waals surface area contributed by atoms with Crippen molar-refractivity contribution >= 4 is 45.8 Å². The molecule has 38 heavy (non-hydrogen) atoms. The lowest BCUT2D eigenvalue weighted by molar-refractivity contribution is 0.0475. The number of esters is 1. The van der Waals surface area contributed by atoms with Crippen LogP contribution in [-0.4, -0.2) is 11.1 Å². The molecular weight excluding hydrogens is 484 g/mol. The highest BCUT2D eigenvalue weighted by Crippen LogP contribution is 2.49. The first kappa shape index (κ1) is 24.3. The summed E-state index contributed by atoms with van der Waals surface area (Å²) in [6.07, 6.45) is 1.71. The fourth-order valence-electron chi connectivity index (χ4n) is 4.41. The summed E-state index contributed by atoms with van der Waals surface area (Å²) in [6, 6.07) is 16.3. The van der Waals surface area contributed by atoms with Crippen LogP contribution in [0.1, 0.15) is 21.5 Å². The first-order valence-corrected chi connectivity index (χ1v) is 11.6. The van der Waals surface area contributed by atoms with E-state index in [2.05, 4.69) is 6.58 Å². The highest BCUT2D eigenvalue weighted by molar-refractivity contribution is 6.17. The number of fused-ring (bicyclic) bond motifs is 2. The van der Waals surface area contributed by atoms with E-state index in [1.807, 2.05) is 24.3 Å². The minimum atomic E-state index is -0.761. The Balaban J connectivity index is 1.76. The van der Waals surface area contributed by atoms with E-state index in [1.165, 1.54) is 18.2 Å². The predicted molar refractivity (Wildman–Crippen MR) is 151 cm³/mol. The normalized spacial score (nSPS) is 11.1. The molecule has 9 heteroatoms. The van der Waals surface area contributed by atoms with Gasteiger partial charge in [0.2, 0.25) is 0 Å². The minimum Gasteiger partial charge on any atom is -0.593 e. The second-order valence-corrected chi connectivity index (χ2v) is 8.77. The molecule has 9 nitrogen and oxygen atoms in total. The van der Waals surface area contributed by atoms with E-state index in [-0.39, 0.29) is 57.4 Å². The van der Waals surface area contributed by atoms with E-state index < -0.39 is 5.97 Å². The van der Waals surface area contributed by atoms with Crippen LogP contribution in [-0.2, 0) is 11.3 Å². The molecule has 1 heterocycles. The Hall–Kier alpha value is -5.44. The van der Waals surface area contributed by atoms with Crippen molar-refractivity contribution < 1.29 is 19.1 Å². The summed E-state index contributed by atoms with van der Waals surface area (Å²) in [7, 11) is 0. The van der Waals surface area contributed by atoms with Gasteiger partial charge in [-0.3, -0.25) is 4.79 Å². The van der Waals surface area contributed by atoms with Gasteiger partial charge in [-0.1, -0.05) is 36.9 Å². The molecule has 0 spiro atoms. The average Bonchev–Trinajstić information content (AvgIpc) is 2.91. The van der Waals surface area contributed by atoms with Gasteiger partial charge in [0.1, 0.15) is 18.0 Å². The van der Waals surface area contributed by atoms with Crippen LogP contribution in [0.5, 0.6) is 5.75 Å². The lowest BCUT2D eigenvalue weighted by atomic mass is 9.87. The third-order valence-electron chi connectivity index (χ3n) is 6.39. The summed E-state index contributed by atoms with van der Waals surface area (Å²) in [5, 5.41) is 8.56. The molecule has 0 fully saturated rings. The van der Waals surface area contributed by atoms with Gasteiger partial charge in [0.25, 0.3) is 5.75 Å². The number of nitrogen functional groups attached to an aromatic ring is 4. The molecule has 0 radical (unpaired) electrons. The number of nitrogens with two attached hydrogens (primary N) is 4. The largest absolute Gasteiger partial charge is 0.593 e. The number of benzene rings is 4. The number of ether oxygens (including phenoxy) is 1. The van der Waals surface area contributed by atoms with Gasteiger partial charge in [0.15, 0.2) is 5.43 Å². The quantitative estimate of drug-likeness (QED) is 0.117. The summed E-state index contributed by atoms with van der Waals surface area (Å²) < 4.78 is 11.6. The lowest BCUT2D eigenvalue weighted by Gasteiger charge is -2.22. The third-order valence-corrected chi connectivity index (χ3v) is 6.39. The molecule has 10 N–H and O–H groups in total. The van der Waals surface area contributed by atoms with Gasteiger partial charge in [0.05, 0.1) is 34.4 Å². The summed E-state index contributed by atoms with van der Waals surface area (Å²) in [5.74, 6) is -0.333. The number of hydrogen-bond donors (Lipinski definition) is 4. The Labute approximate surface area is 216 Å². The molecule has 3 aromatic carbocycles. The molecule has 5 rings (SSSR count). The Morgan fingerprint density at radius 3 is 2.32 bits per heavy atom. The highest BCUT2D eigenvalue weighted by Gasteiger charge is 2.30.